The van der Waals surface area contributed by atoms with Gasteiger partial charge in [0.05, 0.1) is 10.6 Å². The molecule has 0 saturated heterocycles. The molecule has 2 aromatic carbocycles. The minimum Gasteiger partial charge on any atom is -0.423 e. The van der Waals surface area contributed by atoms with Crippen molar-refractivity contribution in [2.75, 3.05) is 6.54 Å². The SMILES string of the molecule is O=C(NO)OC1c2ccccc2CCN1S(=O)(=O)c1ccc(-n2cccn2)cc1. The van der Waals surface area contributed by atoms with E-state index in [4.69, 9.17) is 9.94 Å². The summed E-state index contributed by atoms with van der Waals surface area (Å²) in [6, 6.07) is 15.2. The summed E-state index contributed by atoms with van der Waals surface area (Å²) in [5.41, 5.74) is 3.53. The van der Waals surface area contributed by atoms with Gasteiger partial charge in [-0.25, -0.2) is 23.4 Å². The van der Waals surface area contributed by atoms with Crippen LogP contribution >= 0.6 is 0 Å². The van der Waals surface area contributed by atoms with Crippen LogP contribution in [0.3, 0.4) is 0 Å². The lowest BCUT2D eigenvalue weighted by Gasteiger charge is -2.35. The molecule has 10 heteroatoms. The average Bonchev–Trinajstić information content (AvgIpc) is 3.28. The maximum Gasteiger partial charge on any atom is 0.432 e. The van der Waals surface area contributed by atoms with Crippen LogP contribution in [0.2, 0.25) is 0 Å². The van der Waals surface area contributed by atoms with E-state index in [-0.39, 0.29) is 11.4 Å². The summed E-state index contributed by atoms with van der Waals surface area (Å²) in [6.07, 6.45) is 1.53. The molecule has 9 nitrogen and oxygen atoms in total. The van der Waals surface area contributed by atoms with Crippen LogP contribution in [0.4, 0.5) is 4.79 Å². The number of aromatic nitrogens is 2. The van der Waals surface area contributed by atoms with E-state index in [1.54, 1.807) is 47.4 Å². The summed E-state index contributed by atoms with van der Waals surface area (Å²) in [4.78, 5) is 11.7. The Morgan fingerprint density at radius 1 is 1.14 bits per heavy atom. The number of carbonyl (C=O) groups is 1. The van der Waals surface area contributed by atoms with Gasteiger partial charge in [0.15, 0.2) is 6.23 Å². The van der Waals surface area contributed by atoms with Gasteiger partial charge in [0.2, 0.25) is 10.0 Å². The Labute approximate surface area is 167 Å². The molecule has 1 atom stereocenters. The Bertz CT molecular complexity index is 1110. The van der Waals surface area contributed by atoms with Crippen molar-refractivity contribution in [1.82, 2.24) is 19.6 Å². The van der Waals surface area contributed by atoms with E-state index in [9.17, 15) is 13.2 Å². The van der Waals surface area contributed by atoms with Crippen molar-refractivity contribution in [2.24, 2.45) is 0 Å². The molecule has 0 fully saturated rings. The fourth-order valence-electron chi connectivity index (χ4n) is 3.33. The van der Waals surface area contributed by atoms with Gasteiger partial charge in [0.25, 0.3) is 0 Å². The summed E-state index contributed by atoms with van der Waals surface area (Å²) in [7, 11) is -3.98. The number of nitrogens with zero attached hydrogens (tertiary/aromatic N) is 3. The largest absolute Gasteiger partial charge is 0.432 e. The van der Waals surface area contributed by atoms with Crippen LogP contribution in [-0.2, 0) is 21.2 Å². The van der Waals surface area contributed by atoms with Crippen LogP contribution in [0.25, 0.3) is 5.69 Å². The highest BCUT2D eigenvalue weighted by molar-refractivity contribution is 7.89. The van der Waals surface area contributed by atoms with Gasteiger partial charge in [0, 0.05) is 24.5 Å². The van der Waals surface area contributed by atoms with Crippen LogP contribution < -0.4 is 5.48 Å². The first-order valence-electron chi connectivity index (χ1n) is 8.81. The van der Waals surface area contributed by atoms with Crippen molar-refractivity contribution >= 4 is 16.1 Å². The maximum absolute atomic E-state index is 13.3. The van der Waals surface area contributed by atoms with E-state index in [1.807, 2.05) is 12.1 Å². The van der Waals surface area contributed by atoms with Crippen molar-refractivity contribution in [3.8, 4) is 5.69 Å². The Morgan fingerprint density at radius 3 is 2.59 bits per heavy atom. The van der Waals surface area contributed by atoms with Crippen LogP contribution in [-0.4, -0.2) is 40.3 Å². The number of nitrogens with one attached hydrogen (secondary N) is 1. The fraction of sp³-hybridized carbons (Fsp3) is 0.158. The number of hydroxylamine groups is 1. The number of fused-ring (bicyclic) bond motifs is 1. The lowest BCUT2D eigenvalue weighted by atomic mass is 10.00. The minimum absolute atomic E-state index is 0.0609. The van der Waals surface area contributed by atoms with Gasteiger partial charge < -0.3 is 4.74 Å². The first kappa shape index (κ1) is 19.1. The van der Waals surface area contributed by atoms with Crippen molar-refractivity contribution in [3.05, 3.63) is 78.1 Å². The molecular formula is C19H18N4O5S. The van der Waals surface area contributed by atoms with Crippen LogP contribution in [0.1, 0.15) is 17.4 Å². The lowest BCUT2D eigenvalue weighted by molar-refractivity contribution is 0.00236. The van der Waals surface area contributed by atoms with Gasteiger partial charge in [-0.1, -0.05) is 24.3 Å². The normalized spacial score (nSPS) is 16.8. The van der Waals surface area contributed by atoms with E-state index >= 15 is 0 Å². The molecule has 1 amide bonds. The molecule has 29 heavy (non-hydrogen) atoms. The average molecular weight is 414 g/mol. The molecule has 150 valence electrons. The first-order valence-corrected chi connectivity index (χ1v) is 10.2. The topological polar surface area (TPSA) is 114 Å². The highest BCUT2D eigenvalue weighted by atomic mass is 32.2. The van der Waals surface area contributed by atoms with Crippen molar-refractivity contribution < 1.29 is 23.2 Å². The van der Waals surface area contributed by atoms with Crippen molar-refractivity contribution in [3.63, 3.8) is 0 Å². The summed E-state index contributed by atoms with van der Waals surface area (Å²) in [6.45, 7) is 0.129. The molecule has 0 bridgehead atoms. The van der Waals surface area contributed by atoms with Crippen molar-refractivity contribution in [1.29, 1.82) is 0 Å². The van der Waals surface area contributed by atoms with Gasteiger partial charge in [-0.2, -0.15) is 9.40 Å². The van der Waals surface area contributed by atoms with Gasteiger partial charge in [-0.15, -0.1) is 0 Å². The molecular weight excluding hydrogens is 396 g/mol. The molecule has 4 rings (SSSR count). The van der Waals surface area contributed by atoms with Gasteiger partial charge >= 0.3 is 6.09 Å². The summed E-state index contributed by atoms with van der Waals surface area (Å²) < 4.78 is 34.5. The van der Waals surface area contributed by atoms with Crippen LogP contribution in [0, 0.1) is 0 Å². The molecule has 2 N–H and O–H groups in total. The number of benzene rings is 2. The maximum atomic E-state index is 13.3. The summed E-state index contributed by atoms with van der Waals surface area (Å²) in [5.74, 6) is 0. The third kappa shape index (κ3) is 3.60. The molecule has 1 unspecified atom stereocenters. The number of hydrogen-bond donors (Lipinski definition) is 2. The zero-order valence-electron chi connectivity index (χ0n) is 15.2. The highest BCUT2D eigenvalue weighted by Gasteiger charge is 2.38. The minimum atomic E-state index is -3.98. The van der Waals surface area contributed by atoms with E-state index in [0.717, 1.165) is 9.87 Å². The second-order valence-corrected chi connectivity index (χ2v) is 8.27. The number of ether oxygens (including phenoxy) is 1. The van der Waals surface area contributed by atoms with E-state index in [0.29, 0.717) is 17.7 Å². The smallest absolute Gasteiger partial charge is 0.423 e. The third-order valence-corrected chi connectivity index (χ3v) is 6.57. The lowest BCUT2D eigenvalue weighted by Crippen LogP contribution is -2.43. The zero-order chi connectivity index (χ0) is 20.4. The van der Waals surface area contributed by atoms with Gasteiger partial charge in [0.1, 0.15) is 0 Å². The predicted octanol–water partition coefficient (Wildman–Crippen LogP) is 2.23. The van der Waals surface area contributed by atoms with Crippen LogP contribution in [0.15, 0.2) is 71.9 Å². The molecule has 0 aliphatic carbocycles. The number of hydrogen-bond acceptors (Lipinski definition) is 6. The number of rotatable bonds is 4. The highest BCUT2D eigenvalue weighted by Crippen LogP contribution is 2.35. The van der Waals surface area contributed by atoms with E-state index in [2.05, 4.69) is 5.10 Å². The summed E-state index contributed by atoms with van der Waals surface area (Å²) >= 11 is 0. The number of amides is 1. The molecule has 0 saturated carbocycles. The molecule has 0 radical (unpaired) electrons. The number of carbonyl (C=O) groups excluding carboxylic acids is 1. The second-order valence-electron chi connectivity index (χ2n) is 6.38. The second kappa shape index (κ2) is 7.66. The molecule has 0 spiro atoms. The monoisotopic (exact) mass is 414 g/mol. The molecule has 1 aromatic heterocycles. The van der Waals surface area contributed by atoms with E-state index in [1.165, 1.54) is 17.6 Å². The Kier molecular flexibility index (Phi) is 5.05. The molecule has 1 aliphatic rings. The Morgan fingerprint density at radius 2 is 1.90 bits per heavy atom. The number of sulfonamides is 1. The third-order valence-electron chi connectivity index (χ3n) is 4.71. The zero-order valence-corrected chi connectivity index (χ0v) is 16.0. The summed E-state index contributed by atoms with van der Waals surface area (Å²) in [5, 5.41) is 13.0. The Balaban J connectivity index is 1.70. The molecule has 2 heterocycles. The van der Waals surface area contributed by atoms with Crippen molar-refractivity contribution in [2.45, 2.75) is 17.5 Å². The molecule has 1 aliphatic heterocycles. The van der Waals surface area contributed by atoms with Crippen LogP contribution in [0.5, 0.6) is 0 Å². The fourth-order valence-corrected chi connectivity index (χ4v) is 4.82. The quantitative estimate of drug-likeness (QED) is 0.500. The Hall–Kier alpha value is -3.21. The molecule has 3 aromatic rings. The standard InChI is InChI=1S/C19H18N4O5S/c24-19(21-25)28-18-17-5-2-1-4-14(17)10-13-23(18)29(26,27)16-8-6-15(7-9-16)22-12-3-11-20-22/h1-9,11-12,18,25H,10,13H2,(H,21,24). The van der Waals surface area contributed by atoms with E-state index < -0.39 is 22.3 Å². The van der Waals surface area contributed by atoms with Gasteiger partial charge in [-0.3, -0.25) is 5.21 Å². The van der Waals surface area contributed by atoms with Gasteiger partial charge in [-0.05, 0) is 42.3 Å². The first-order chi connectivity index (χ1) is 14.0. The predicted molar refractivity (Wildman–Crippen MR) is 102 cm³/mol.